The minimum Gasteiger partial charge on any atom is -0.399 e. The first-order valence-corrected chi connectivity index (χ1v) is 6.29. The predicted molar refractivity (Wildman–Crippen MR) is 76.6 cm³/mol. The smallest absolute Gasteiger partial charge is 0.321 e. The van der Waals surface area contributed by atoms with Crippen molar-refractivity contribution in [2.75, 3.05) is 18.1 Å². The topological polar surface area (TPSA) is 58.4 Å². The third kappa shape index (κ3) is 4.28. The van der Waals surface area contributed by atoms with Crippen molar-refractivity contribution in [3.05, 3.63) is 24.3 Å². The van der Waals surface area contributed by atoms with Crippen LogP contribution in [0, 0.1) is 5.92 Å². The van der Waals surface area contributed by atoms with Gasteiger partial charge in [-0.25, -0.2) is 4.79 Å². The van der Waals surface area contributed by atoms with Gasteiger partial charge in [-0.1, -0.05) is 13.8 Å². The molecule has 4 heteroatoms. The summed E-state index contributed by atoms with van der Waals surface area (Å²) in [6, 6.07) is 7.27. The second-order valence-electron chi connectivity index (χ2n) is 5.14. The van der Waals surface area contributed by atoms with E-state index in [-0.39, 0.29) is 12.1 Å². The van der Waals surface area contributed by atoms with Crippen LogP contribution >= 0.6 is 0 Å². The number of urea groups is 1. The van der Waals surface area contributed by atoms with Crippen molar-refractivity contribution in [3.8, 4) is 0 Å². The fourth-order valence-corrected chi connectivity index (χ4v) is 1.82. The summed E-state index contributed by atoms with van der Waals surface area (Å²) in [6.07, 6.45) is 0.992. The van der Waals surface area contributed by atoms with E-state index >= 15 is 0 Å². The van der Waals surface area contributed by atoms with Crippen molar-refractivity contribution >= 4 is 17.4 Å². The van der Waals surface area contributed by atoms with Gasteiger partial charge in [0.05, 0.1) is 0 Å². The van der Waals surface area contributed by atoms with Gasteiger partial charge in [-0.3, -0.25) is 0 Å². The largest absolute Gasteiger partial charge is 0.399 e. The number of nitrogen functional groups attached to an aromatic ring is 1. The lowest BCUT2D eigenvalue weighted by molar-refractivity contribution is 0.200. The molecule has 0 aliphatic rings. The minimum atomic E-state index is -0.0899. The molecule has 1 atom stereocenters. The molecule has 0 aliphatic carbocycles. The number of nitrogens with one attached hydrogen (secondary N) is 1. The molecular weight excluding hydrogens is 226 g/mol. The second kappa shape index (κ2) is 6.28. The zero-order valence-electron chi connectivity index (χ0n) is 11.6. The molecule has 18 heavy (non-hydrogen) atoms. The Bertz CT molecular complexity index is 387. The van der Waals surface area contributed by atoms with E-state index in [2.05, 4.69) is 26.1 Å². The maximum Gasteiger partial charge on any atom is 0.321 e. The summed E-state index contributed by atoms with van der Waals surface area (Å²) in [5, 5.41) is 2.85. The first-order chi connectivity index (χ1) is 8.40. The zero-order chi connectivity index (χ0) is 13.7. The van der Waals surface area contributed by atoms with Crippen molar-refractivity contribution in [3.63, 3.8) is 0 Å². The average Bonchev–Trinajstić information content (AvgIpc) is 2.30. The highest BCUT2D eigenvalue weighted by atomic mass is 16.2. The molecule has 0 fully saturated rings. The van der Waals surface area contributed by atoms with E-state index in [4.69, 9.17) is 5.73 Å². The Kier molecular flexibility index (Phi) is 5.01. The second-order valence-corrected chi connectivity index (χ2v) is 5.14. The Hall–Kier alpha value is -1.71. The summed E-state index contributed by atoms with van der Waals surface area (Å²) in [7, 11) is 1.82. The summed E-state index contributed by atoms with van der Waals surface area (Å²) in [5.74, 6) is 0.576. The zero-order valence-corrected chi connectivity index (χ0v) is 11.6. The Balaban J connectivity index is 2.56. The molecule has 0 saturated heterocycles. The molecule has 4 nitrogen and oxygen atoms in total. The molecule has 0 spiro atoms. The van der Waals surface area contributed by atoms with Crippen molar-refractivity contribution in [2.45, 2.75) is 33.2 Å². The molecule has 1 unspecified atom stereocenters. The highest BCUT2D eigenvalue weighted by Crippen LogP contribution is 2.14. The molecule has 0 bridgehead atoms. The Labute approximate surface area is 109 Å². The molecule has 0 saturated carbocycles. The summed E-state index contributed by atoms with van der Waals surface area (Å²) in [6.45, 7) is 6.37. The van der Waals surface area contributed by atoms with E-state index in [1.807, 2.05) is 7.05 Å². The molecule has 1 rings (SSSR count). The summed E-state index contributed by atoms with van der Waals surface area (Å²) in [4.78, 5) is 13.7. The molecule has 0 aliphatic heterocycles. The lowest BCUT2D eigenvalue weighted by Gasteiger charge is -2.26. The Morgan fingerprint density at radius 1 is 1.28 bits per heavy atom. The summed E-state index contributed by atoms with van der Waals surface area (Å²) >= 11 is 0. The van der Waals surface area contributed by atoms with Gasteiger partial charge in [-0.15, -0.1) is 0 Å². The molecule has 3 N–H and O–H groups in total. The Morgan fingerprint density at radius 3 is 2.33 bits per heavy atom. The van der Waals surface area contributed by atoms with Crippen LogP contribution < -0.4 is 11.1 Å². The summed E-state index contributed by atoms with van der Waals surface area (Å²) in [5.41, 5.74) is 7.05. The van der Waals surface area contributed by atoms with Crippen LogP contribution in [0.4, 0.5) is 16.2 Å². The van der Waals surface area contributed by atoms with Crippen molar-refractivity contribution < 1.29 is 4.79 Å². The van der Waals surface area contributed by atoms with E-state index in [0.29, 0.717) is 11.6 Å². The third-order valence-corrected chi connectivity index (χ3v) is 2.96. The number of hydrogen-bond donors (Lipinski definition) is 2. The van der Waals surface area contributed by atoms with Crippen LogP contribution in [-0.4, -0.2) is 24.0 Å². The van der Waals surface area contributed by atoms with E-state index in [1.165, 1.54) is 0 Å². The van der Waals surface area contributed by atoms with Crippen molar-refractivity contribution in [1.82, 2.24) is 4.90 Å². The number of amides is 2. The molecule has 0 radical (unpaired) electrons. The van der Waals surface area contributed by atoms with Gasteiger partial charge in [0.25, 0.3) is 0 Å². The predicted octanol–water partition coefficient (Wildman–Crippen LogP) is 3.17. The molecule has 0 heterocycles. The molecular formula is C14H23N3O. The Morgan fingerprint density at radius 2 is 1.83 bits per heavy atom. The number of nitrogens with two attached hydrogens (primary N) is 1. The fraction of sp³-hybridized carbons (Fsp3) is 0.500. The van der Waals surface area contributed by atoms with Crippen molar-refractivity contribution in [2.24, 2.45) is 5.92 Å². The SMILES string of the molecule is CC(C)CC(C)N(C)C(=O)Nc1ccc(N)cc1. The molecule has 1 aromatic carbocycles. The van der Waals surface area contributed by atoms with Gasteiger partial charge in [0.1, 0.15) is 0 Å². The van der Waals surface area contributed by atoms with Gasteiger partial charge in [-0.2, -0.15) is 0 Å². The van der Waals surface area contributed by atoms with E-state index in [0.717, 1.165) is 12.1 Å². The number of benzene rings is 1. The highest BCUT2D eigenvalue weighted by molar-refractivity contribution is 5.89. The maximum absolute atomic E-state index is 12.0. The normalized spacial score (nSPS) is 12.3. The number of carbonyl (C=O) groups is 1. The molecule has 0 aromatic heterocycles. The van der Waals surface area contributed by atoms with Crippen LogP contribution in [0.15, 0.2) is 24.3 Å². The van der Waals surface area contributed by atoms with Crippen LogP contribution in [0.25, 0.3) is 0 Å². The lowest BCUT2D eigenvalue weighted by Crippen LogP contribution is -2.38. The van der Waals surface area contributed by atoms with Crippen LogP contribution in [0.1, 0.15) is 27.2 Å². The molecule has 1 aromatic rings. The summed E-state index contributed by atoms with van der Waals surface area (Å²) < 4.78 is 0. The number of hydrogen-bond acceptors (Lipinski definition) is 2. The van der Waals surface area contributed by atoms with Gasteiger partial charge < -0.3 is 16.0 Å². The number of rotatable bonds is 4. The van der Waals surface area contributed by atoms with Crippen LogP contribution in [0.2, 0.25) is 0 Å². The van der Waals surface area contributed by atoms with Crippen LogP contribution in [-0.2, 0) is 0 Å². The first-order valence-electron chi connectivity index (χ1n) is 6.29. The lowest BCUT2D eigenvalue weighted by atomic mass is 10.0. The third-order valence-electron chi connectivity index (χ3n) is 2.96. The maximum atomic E-state index is 12.0. The fourth-order valence-electron chi connectivity index (χ4n) is 1.82. The minimum absolute atomic E-state index is 0.0899. The van der Waals surface area contributed by atoms with Gasteiger partial charge in [0.15, 0.2) is 0 Å². The molecule has 100 valence electrons. The highest BCUT2D eigenvalue weighted by Gasteiger charge is 2.16. The quantitative estimate of drug-likeness (QED) is 0.805. The van der Waals surface area contributed by atoms with Gasteiger partial charge in [0.2, 0.25) is 0 Å². The number of carbonyl (C=O) groups excluding carboxylic acids is 1. The average molecular weight is 249 g/mol. The molecule has 2 amide bonds. The van der Waals surface area contributed by atoms with E-state index in [9.17, 15) is 4.79 Å². The standard InChI is InChI=1S/C14H23N3O/c1-10(2)9-11(3)17(4)14(18)16-13-7-5-12(15)6-8-13/h5-8,10-11H,9,15H2,1-4H3,(H,16,18). The number of nitrogens with zero attached hydrogens (tertiary/aromatic N) is 1. The van der Waals surface area contributed by atoms with Crippen molar-refractivity contribution in [1.29, 1.82) is 0 Å². The monoisotopic (exact) mass is 249 g/mol. The van der Waals surface area contributed by atoms with Gasteiger partial charge in [0, 0.05) is 24.5 Å². The van der Waals surface area contributed by atoms with E-state index < -0.39 is 0 Å². The van der Waals surface area contributed by atoms with E-state index in [1.54, 1.807) is 29.2 Å². The first kappa shape index (κ1) is 14.4. The van der Waals surface area contributed by atoms with Crippen LogP contribution in [0.5, 0.6) is 0 Å². The number of anilines is 2. The van der Waals surface area contributed by atoms with Crippen LogP contribution in [0.3, 0.4) is 0 Å². The van der Waals surface area contributed by atoms with Gasteiger partial charge in [-0.05, 0) is 43.5 Å². The van der Waals surface area contributed by atoms with Gasteiger partial charge >= 0.3 is 6.03 Å².